The summed E-state index contributed by atoms with van der Waals surface area (Å²) in [5.41, 5.74) is 0.846. The molecular formula is C9H14N6. The summed E-state index contributed by atoms with van der Waals surface area (Å²) in [6, 6.07) is -0.0151. The maximum absolute atomic E-state index is 4.33. The molecule has 80 valence electrons. The van der Waals surface area contributed by atoms with Crippen LogP contribution in [0.3, 0.4) is 0 Å². The van der Waals surface area contributed by atoms with Crippen molar-refractivity contribution in [3.05, 3.63) is 30.1 Å². The summed E-state index contributed by atoms with van der Waals surface area (Å²) in [6.07, 6.45) is 5.46. The molecule has 0 saturated carbocycles. The van der Waals surface area contributed by atoms with Gasteiger partial charge < -0.3 is 9.88 Å². The van der Waals surface area contributed by atoms with Crippen molar-refractivity contribution in [2.75, 3.05) is 7.05 Å². The van der Waals surface area contributed by atoms with Gasteiger partial charge in [-0.05, 0) is 14.0 Å². The third-order valence-electron chi connectivity index (χ3n) is 2.36. The summed E-state index contributed by atoms with van der Waals surface area (Å²) in [4.78, 5) is 4.33. The highest BCUT2D eigenvalue weighted by Gasteiger charge is 2.18. The molecule has 1 atom stereocenters. The molecule has 6 nitrogen and oxygen atoms in total. The van der Waals surface area contributed by atoms with E-state index in [-0.39, 0.29) is 6.04 Å². The summed E-state index contributed by atoms with van der Waals surface area (Å²) in [5.74, 6) is 0.953. The first-order valence-electron chi connectivity index (χ1n) is 4.90. The van der Waals surface area contributed by atoms with E-state index in [1.165, 1.54) is 0 Å². The molecule has 0 fully saturated rings. The van der Waals surface area contributed by atoms with Gasteiger partial charge >= 0.3 is 0 Å². The van der Waals surface area contributed by atoms with Gasteiger partial charge in [-0.15, -0.1) is 0 Å². The van der Waals surface area contributed by atoms with Gasteiger partial charge in [0, 0.05) is 18.9 Å². The lowest BCUT2D eigenvalue weighted by Crippen LogP contribution is -2.22. The van der Waals surface area contributed by atoms with Crippen molar-refractivity contribution in [1.82, 2.24) is 30.3 Å². The van der Waals surface area contributed by atoms with E-state index < -0.39 is 0 Å². The van der Waals surface area contributed by atoms with Crippen LogP contribution < -0.4 is 5.32 Å². The number of hydrogen-bond donors (Lipinski definition) is 2. The van der Waals surface area contributed by atoms with E-state index >= 15 is 0 Å². The molecule has 0 bridgehead atoms. The highest BCUT2D eigenvalue weighted by molar-refractivity contribution is 5.13. The lowest BCUT2D eigenvalue weighted by molar-refractivity contribution is 0.578. The minimum atomic E-state index is -0.0151. The van der Waals surface area contributed by atoms with Crippen molar-refractivity contribution in [1.29, 1.82) is 0 Å². The molecule has 0 spiro atoms. The number of rotatable bonds is 4. The monoisotopic (exact) mass is 206 g/mol. The fraction of sp³-hybridized carbons (Fsp3) is 0.444. The largest absolute Gasteiger partial charge is 0.334 e. The summed E-state index contributed by atoms with van der Waals surface area (Å²) in [7, 11) is 1.88. The summed E-state index contributed by atoms with van der Waals surface area (Å²) in [5, 5.41) is 13.7. The minimum absolute atomic E-state index is 0.0151. The third-order valence-corrected chi connectivity index (χ3v) is 2.36. The van der Waals surface area contributed by atoms with Gasteiger partial charge in [-0.3, -0.25) is 0 Å². The van der Waals surface area contributed by atoms with Crippen LogP contribution in [-0.4, -0.2) is 32.0 Å². The van der Waals surface area contributed by atoms with Crippen molar-refractivity contribution in [3.63, 3.8) is 0 Å². The number of aromatic nitrogens is 5. The zero-order valence-corrected chi connectivity index (χ0v) is 8.81. The first-order valence-corrected chi connectivity index (χ1v) is 4.90. The van der Waals surface area contributed by atoms with Crippen LogP contribution in [0, 0.1) is 0 Å². The molecule has 2 rings (SSSR count). The fourth-order valence-electron chi connectivity index (χ4n) is 1.61. The summed E-state index contributed by atoms with van der Waals surface area (Å²) in [6.45, 7) is 2.98. The predicted octanol–water partition coefficient (Wildman–Crippen LogP) is 0.330. The summed E-state index contributed by atoms with van der Waals surface area (Å²) >= 11 is 0. The second-order valence-corrected chi connectivity index (χ2v) is 3.19. The van der Waals surface area contributed by atoms with Crippen LogP contribution in [0.25, 0.3) is 0 Å². The number of nitrogens with one attached hydrogen (secondary N) is 2. The van der Waals surface area contributed by atoms with Gasteiger partial charge in [0.25, 0.3) is 0 Å². The average Bonchev–Trinajstić information content (AvgIpc) is 2.89. The van der Waals surface area contributed by atoms with Crippen molar-refractivity contribution >= 4 is 0 Å². The maximum Gasteiger partial charge on any atom is 0.132 e. The van der Waals surface area contributed by atoms with Crippen LogP contribution >= 0.6 is 0 Å². The van der Waals surface area contributed by atoms with E-state index in [1.807, 2.05) is 13.2 Å². The molecular weight excluding hydrogens is 192 g/mol. The second kappa shape index (κ2) is 4.22. The van der Waals surface area contributed by atoms with Gasteiger partial charge in [-0.2, -0.15) is 15.4 Å². The van der Waals surface area contributed by atoms with Crippen molar-refractivity contribution < 1.29 is 0 Å². The first kappa shape index (κ1) is 9.85. The number of imidazole rings is 1. The SMILES string of the molecule is CCn1ccnc1C(NC)c1cn[nH]n1. The summed E-state index contributed by atoms with van der Waals surface area (Å²) < 4.78 is 2.08. The molecule has 15 heavy (non-hydrogen) atoms. The van der Waals surface area contributed by atoms with Crippen molar-refractivity contribution in [2.45, 2.75) is 19.5 Å². The van der Waals surface area contributed by atoms with Crippen LogP contribution in [0.5, 0.6) is 0 Å². The van der Waals surface area contributed by atoms with E-state index in [0.717, 1.165) is 18.1 Å². The molecule has 0 aliphatic rings. The second-order valence-electron chi connectivity index (χ2n) is 3.19. The average molecular weight is 206 g/mol. The number of aryl methyl sites for hydroxylation is 1. The molecule has 2 heterocycles. The van der Waals surface area contributed by atoms with Gasteiger partial charge in [0.1, 0.15) is 17.6 Å². The molecule has 0 radical (unpaired) electrons. The van der Waals surface area contributed by atoms with Gasteiger partial charge in [0.2, 0.25) is 0 Å². The quantitative estimate of drug-likeness (QED) is 0.756. The Labute approximate surface area is 87.7 Å². The highest BCUT2D eigenvalue weighted by Crippen LogP contribution is 2.16. The topological polar surface area (TPSA) is 71.4 Å². The van der Waals surface area contributed by atoms with Crippen LogP contribution in [0.4, 0.5) is 0 Å². The van der Waals surface area contributed by atoms with Crippen LogP contribution in [0.15, 0.2) is 18.6 Å². The molecule has 1 unspecified atom stereocenters. The molecule has 0 aromatic carbocycles. The Morgan fingerprint density at radius 1 is 1.60 bits per heavy atom. The Morgan fingerprint density at radius 3 is 3.07 bits per heavy atom. The zero-order valence-electron chi connectivity index (χ0n) is 8.81. The number of nitrogens with zero attached hydrogens (tertiary/aromatic N) is 4. The Kier molecular flexibility index (Phi) is 2.77. The molecule has 0 aliphatic carbocycles. The predicted molar refractivity (Wildman–Crippen MR) is 55.2 cm³/mol. The van der Waals surface area contributed by atoms with Gasteiger partial charge in [0.15, 0.2) is 0 Å². The van der Waals surface area contributed by atoms with Crippen LogP contribution in [0.1, 0.15) is 24.5 Å². The first-order chi connectivity index (χ1) is 7.36. The maximum atomic E-state index is 4.33. The fourth-order valence-corrected chi connectivity index (χ4v) is 1.61. The smallest absolute Gasteiger partial charge is 0.132 e. The molecule has 0 amide bonds. The molecule has 6 heteroatoms. The van der Waals surface area contributed by atoms with E-state index in [1.54, 1.807) is 12.4 Å². The molecule has 2 aromatic heterocycles. The highest BCUT2D eigenvalue weighted by atomic mass is 15.3. The van der Waals surface area contributed by atoms with E-state index in [0.29, 0.717) is 0 Å². The normalized spacial score (nSPS) is 12.9. The number of hydrogen-bond acceptors (Lipinski definition) is 4. The Hall–Kier alpha value is -1.69. The van der Waals surface area contributed by atoms with Gasteiger partial charge in [-0.25, -0.2) is 4.98 Å². The van der Waals surface area contributed by atoms with Crippen molar-refractivity contribution in [3.8, 4) is 0 Å². The van der Waals surface area contributed by atoms with E-state index in [4.69, 9.17) is 0 Å². The minimum Gasteiger partial charge on any atom is -0.334 e. The molecule has 2 N–H and O–H groups in total. The number of aromatic amines is 1. The standard InChI is InChI=1S/C9H14N6/c1-3-15-5-4-11-9(15)8(10-2)7-6-12-14-13-7/h4-6,8,10H,3H2,1-2H3,(H,12,13,14). The van der Waals surface area contributed by atoms with Gasteiger partial charge in [-0.1, -0.05) is 0 Å². The van der Waals surface area contributed by atoms with Crippen LogP contribution in [-0.2, 0) is 6.54 Å². The Balaban J connectivity index is 2.35. The Bertz CT molecular complexity index is 404. The van der Waals surface area contributed by atoms with Gasteiger partial charge in [0.05, 0.1) is 6.20 Å². The van der Waals surface area contributed by atoms with Crippen LogP contribution in [0.2, 0.25) is 0 Å². The Morgan fingerprint density at radius 2 is 2.47 bits per heavy atom. The van der Waals surface area contributed by atoms with Crippen molar-refractivity contribution in [2.24, 2.45) is 0 Å². The lowest BCUT2D eigenvalue weighted by Gasteiger charge is -2.13. The molecule has 0 saturated heterocycles. The zero-order chi connectivity index (χ0) is 10.7. The van der Waals surface area contributed by atoms with E-state index in [2.05, 4.69) is 37.2 Å². The number of H-pyrrole nitrogens is 1. The molecule has 0 aliphatic heterocycles. The molecule has 2 aromatic rings. The lowest BCUT2D eigenvalue weighted by atomic mass is 10.2. The van der Waals surface area contributed by atoms with E-state index in [9.17, 15) is 0 Å². The third kappa shape index (κ3) is 1.75.